The molecule has 32 heavy (non-hydrogen) atoms. The van der Waals surface area contributed by atoms with Gasteiger partial charge in [0.1, 0.15) is 18.0 Å². The van der Waals surface area contributed by atoms with Crippen LogP contribution in [0.3, 0.4) is 0 Å². The summed E-state index contributed by atoms with van der Waals surface area (Å²) in [5, 5.41) is 9.38. The number of aromatic nitrogens is 3. The Kier molecular flexibility index (Phi) is 6.95. The SMILES string of the molecule is CC1(C)CC(CNc2cc(-c3cc(NC(=O)C4CCCNC4)ncc3F)ncn2)CCO1. The largest absolute Gasteiger partial charge is 0.376 e. The second-order valence-electron chi connectivity index (χ2n) is 9.22. The Morgan fingerprint density at radius 1 is 1.25 bits per heavy atom. The lowest BCUT2D eigenvalue weighted by Crippen LogP contribution is -2.37. The van der Waals surface area contributed by atoms with Crippen LogP contribution in [0, 0.1) is 17.7 Å². The first-order valence-corrected chi connectivity index (χ1v) is 11.3. The molecule has 172 valence electrons. The highest BCUT2D eigenvalue weighted by Gasteiger charge is 2.28. The molecule has 4 rings (SSSR count). The molecule has 0 spiro atoms. The molecule has 2 aliphatic rings. The van der Waals surface area contributed by atoms with Crippen molar-refractivity contribution >= 4 is 17.5 Å². The Hall–Kier alpha value is -2.65. The van der Waals surface area contributed by atoms with Gasteiger partial charge in [-0.15, -0.1) is 0 Å². The number of hydrogen-bond acceptors (Lipinski definition) is 7. The summed E-state index contributed by atoms with van der Waals surface area (Å²) in [6.45, 7) is 7.30. The van der Waals surface area contributed by atoms with Gasteiger partial charge in [-0.1, -0.05) is 0 Å². The zero-order valence-corrected chi connectivity index (χ0v) is 18.7. The van der Waals surface area contributed by atoms with Crippen LogP contribution in [0.1, 0.15) is 39.5 Å². The van der Waals surface area contributed by atoms with E-state index in [9.17, 15) is 9.18 Å². The zero-order valence-electron chi connectivity index (χ0n) is 18.7. The van der Waals surface area contributed by atoms with Gasteiger partial charge in [0.15, 0.2) is 5.82 Å². The van der Waals surface area contributed by atoms with Crippen LogP contribution in [0.4, 0.5) is 16.0 Å². The van der Waals surface area contributed by atoms with Gasteiger partial charge in [0.05, 0.1) is 23.4 Å². The van der Waals surface area contributed by atoms with Crippen molar-refractivity contribution in [3.05, 3.63) is 30.5 Å². The number of halogens is 1. The molecule has 2 unspecified atom stereocenters. The van der Waals surface area contributed by atoms with E-state index in [4.69, 9.17) is 4.74 Å². The van der Waals surface area contributed by atoms with Gasteiger partial charge in [-0.05, 0) is 58.1 Å². The number of carbonyl (C=O) groups is 1. The number of carbonyl (C=O) groups excluding carboxylic acids is 1. The van der Waals surface area contributed by atoms with Crippen molar-refractivity contribution in [1.29, 1.82) is 0 Å². The van der Waals surface area contributed by atoms with Crippen LogP contribution in [-0.2, 0) is 9.53 Å². The molecule has 0 aromatic carbocycles. The van der Waals surface area contributed by atoms with Gasteiger partial charge in [0, 0.05) is 31.3 Å². The highest BCUT2D eigenvalue weighted by atomic mass is 19.1. The Morgan fingerprint density at radius 3 is 2.91 bits per heavy atom. The third-order valence-corrected chi connectivity index (χ3v) is 6.09. The smallest absolute Gasteiger partial charge is 0.229 e. The number of rotatable bonds is 6. The number of piperidine rings is 1. The van der Waals surface area contributed by atoms with Crippen LogP contribution in [-0.4, -0.2) is 52.7 Å². The predicted octanol–water partition coefficient (Wildman–Crippen LogP) is 3.23. The standard InChI is InChI=1S/C23H31FN6O2/c1-23(2)10-15(5-7-32-23)11-26-20-9-19(28-14-29-20)17-8-21(27-13-18(17)24)30-22(31)16-4-3-6-25-12-16/h8-9,13-16,25H,3-7,10-12H2,1-2H3,(H,26,28,29)(H,27,30,31). The number of hydrogen-bond donors (Lipinski definition) is 3. The number of anilines is 2. The average Bonchev–Trinajstić information content (AvgIpc) is 2.79. The maximum atomic E-state index is 14.6. The quantitative estimate of drug-likeness (QED) is 0.631. The predicted molar refractivity (Wildman–Crippen MR) is 121 cm³/mol. The number of pyridine rings is 1. The Balaban J connectivity index is 1.43. The molecule has 0 saturated carbocycles. The van der Waals surface area contributed by atoms with Gasteiger partial charge in [-0.2, -0.15) is 0 Å². The lowest BCUT2D eigenvalue weighted by atomic mass is 9.88. The van der Waals surface area contributed by atoms with Crippen LogP contribution in [0.15, 0.2) is 24.7 Å². The normalized spacial score (nSPS) is 22.8. The van der Waals surface area contributed by atoms with E-state index in [0.29, 0.717) is 29.8 Å². The van der Waals surface area contributed by atoms with E-state index in [1.165, 1.54) is 12.4 Å². The molecule has 0 radical (unpaired) electrons. The molecule has 4 heterocycles. The van der Waals surface area contributed by atoms with Crippen molar-refractivity contribution in [2.45, 2.75) is 45.1 Å². The van der Waals surface area contributed by atoms with Crippen LogP contribution in [0.5, 0.6) is 0 Å². The molecule has 2 aromatic rings. The fourth-order valence-corrected chi connectivity index (χ4v) is 4.39. The van der Waals surface area contributed by atoms with E-state index in [-0.39, 0.29) is 23.0 Å². The van der Waals surface area contributed by atoms with Crippen molar-refractivity contribution < 1.29 is 13.9 Å². The molecule has 1 amide bonds. The maximum absolute atomic E-state index is 14.6. The minimum atomic E-state index is -0.502. The van der Waals surface area contributed by atoms with Crippen LogP contribution >= 0.6 is 0 Å². The fourth-order valence-electron chi connectivity index (χ4n) is 4.39. The molecule has 9 heteroatoms. The van der Waals surface area contributed by atoms with E-state index in [2.05, 4.69) is 44.7 Å². The molecule has 2 fully saturated rings. The van der Waals surface area contributed by atoms with Crippen molar-refractivity contribution in [2.75, 3.05) is 36.9 Å². The van der Waals surface area contributed by atoms with Gasteiger partial charge in [0.25, 0.3) is 0 Å². The summed E-state index contributed by atoms with van der Waals surface area (Å²) in [6.07, 6.45) is 6.28. The van der Waals surface area contributed by atoms with Gasteiger partial charge in [-0.3, -0.25) is 4.79 Å². The molecule has 0 aliphatic carbocycles. The first-order valence-electron chi connectivity index (χ1n) is 11.3. The zero-order chi connectivity index (χ0) is 22.6. The second kappa shape index (κ2) is 9.87. The van der Waals surface area contributed by atoms with Gasteiger partial charge in [0.2, 0.25) is 5.91 Å². The lowest BCUT2D eigenvalue weighted by Gasteiger charge is -2.35. The minimum Gasteiger partial charge on any atom is -0.376 e. The minimum absolute atomic E-state index is 0.105. The van der Waals surface area contributed by atoms with E-state index < -0.39 is 5.82 Å². The molecule has 2 aliphatic heterocycles. The molecule has 0 bridgehead atoms. The lowest BCUT2D eigenvalue weighted by molar-refractivity contribution is -0.120. The number of nitrogens with one attached hydrogen (secondary N) is 3. The first-order chi connectivity index (χ1) is 15.4. The molecular formula is C23H31FN6O2. The molecular weight excluding hydrogens is 411 g/mol. The highest BCUT2D eigenvalue weighted by Crippen LogP contribution is 2.29. The van der Waals surface area contributed by atoms with Crippen molar-refractivity contribution in [1.82, 2.24) is 20.3 Å². The summed E-state index contributed by atoms with van der Waals surface area (Å²) in [5.41, 5.74) is 0.593. The summed E-state index contributed by atoms with van der Waals surface area (Å²) in [5.74, 6) is 0.712. The maximum Gasteiger partial charge on any atom is 0.229 e. The van der Waals surface area contributed by atoms with Crippen LogP contribution < -0.4 is 16.0 Å². The van der Waals surface area contributed by atoms with E-state index in [0.717, 1.165) is 51.6 Å². The topological polar surface area (TPSA) is 101 Å². The third-order valence-electron chi connectivity index (χ3n) is 6.09. The molecule has 2 saturated heterocycles. The summed E-state index contributed by atoms with van der Waals surface area (Å²) in [7, 11) is 0. The van der Waals surface area contributed by atoms with Crippen LogP contribution in [0.25, 0.3) is 11.3 Å². The summed E-state index contributed by atoms with van der Waals surface area (Å²) >= 11 is 0. The fraction of sp³-hybridized carbons (Fsp3) is 0.565. The van der Waals surface area contributed by atoms with Gasteiger partial charge >= 0.3 is 0 Å². The van der Waals surface area contributed by atoms with Gasteiger partial charge in [-0.25, -0.2) is 19.3 Å². The third kappa shape index (κ3) is 5.77. The highest BCUT2D eigenvalue weighted by molar-refractivity contribution is 5.92. The molecule has 2 aromatic heterocycles. The Morgan fingerprint density at radius 2 is 2.12 bits per heavy atom. The number of amides is 1. The Bertz CT molecular complexity index is 948. The molecule has 3 N–H and O–H groups in total. The van der Waals surface area contributed by atoms with Gasteiger partial charge < -0.3 is 20.7 Å². The molecule has 8 nitrogen and oxygen atoms in total. The molecule has 2 atom stereocenters. The van der Waals surface area contributed by atoms with Crippen molar-refractivity contribution in [3.8, 4) is 11.3 Å². The number of ether oxygens (including phenoxy) is 1. The second-order valence-corrected chi connectivity index (χ2v) is 9.22. The summed E-state index contributed by atoms with van der Waals surface area (Å²) in [4.78, 5) is 25.1. The Labute approximate surface area is 187 Å². The van der Waals surface area contributed by atoms with E-state index >= 15 is 0 Å². The summed E-state index contributed by atoms with van der Waals surface area (Å²) in [6, 6.07) is 3.25. The van der Waals surface area contributed by atoms with Crippen LogP contribution in [0.2, 0.25) is 0 Å². The number of nitrogens with zero attached hydrogens (tertiary/aromatic N) is 3. The first kappa shape index (κ1) is 22.5. The monoisotopic (exact) mass is 442 g/mol. The van der Waals surface area contributed by atoms with Crippen molar-refractivity contribution in [2.24, 2.45) is 11.8 Å². The van der Waals surface area contributed by atoms with E-state index in [1.807, 2.05) is 0 Å². The average molecular weight is 443 g/mol. The van der Waals surface area contributed by atoms with E-state index in [1.54, 1.807) is 6.07 Å². The van der Waals surface area contributed by atoms with Crippen molar-refractivity contribution in [3.63, 3.8) is 0 Å². The summed E-state index contributed by atoms with van der Waals surface area (Å²) < 4.78 is 20.3.